The summed E-state index contributed by atoms with van der Waals surface area (Å²) in [7, 11) is 0. The smallest absolute Gasteiger partial charge is 0.296 e. The molecule has 0 aromatic carbocycles. The van der Waals surface area contributed by atoms with Crippen molar-refractivity contribution in [2.24, 2.45) is 0 Å². The first-order valence-electron chi connectivity index (χ1n) is 5.33. The minimum atomic E-state index is -0.152. The van der Waals surface area contributed by atoms with Gasteiger partial charge in [0.15, 0.2) is 0 Å². The highest BCUT2D eigenvalue weighted by Crippen LogP contribution is 2.22. The largest absolute Gasteiger partial charge is 0.348 e. The van der Waals surface area contributed by atoms with Gasteiger partial charge in [0.1, 0.15) is 0 Å². The van der Waals surface area contributed by atoms with Crippen LogP contribution < -0.4 is 5.69 Å². The van der Waals surface area contributed by atoms with Gasteiger partial charge in [-0.15, -0.1) is 0 Å². The van der Waals surface area contributed by atoms with Gasteiger partial charge in [-0.25, -0.2) is 4.79 Å². The van der Waals surface area contributed by atoms with Crippen molar-refractivity contribution in [2.45, 2.75) is 53.0 Å². The molecule has 0 fully saturated rings. The first kappa shape index (κ1) is 12.0. The highest BCUT2D eigenvalue weighted by atomic mass is 16.1. The quantitative estimate of drug-likeness (QED) is 0.710. The summed E-state index contributed by atoms with van der Waals surface area (Å²) in [5.41, 5.74) is 1.75. The van der Waals surface area contributed by atoms with E-state index in [-0.39, 0.29) is 17.1 Å². The van der Waals surface area contributed by atoms with Gasteiger partial charge in [0.2, 0.25) is 0 Å². The highest BCUT2D eigenvalue weighted by molar-refractivity contribution is 5.21. The van der Waals surface area contributed by atoms with Gasteiger partial charge in [-0.2, -0.15) is 4.98 Å². The molecule has 1 heterocycles. The number of nitrogens with zero attached hydrogens (tertiary/aromatic N) is 2. The predicted octanol–water partition coefficient (Wildman–Crippen LogP) is 2.43. The Balaban J connectivity index is 3.39. The summed E-state index contributed by atoms with van der Waals surface area (Å²) in [6.45, 7) is 12.2. The number of aryl methyl sites for hydroxylation is 1. The Kier molecular flexibility index (Phi) is 3.03. The first-order valence-corrected chi connectivity index (χ1v) is 5.33. The average molecular weight is 208 g/mol. The lowest BCUT2D eigenvalue weighted by atomic mass is 9.89. The zero-order chi connectivity index (χ0) is 11.8. The maximum atomic E-state index is 11.7. The van der Waals surface area contributed by atoms with E-state index in [2.05, 4.69) is 25.8 Å². The Morgan fingerprint density at radius 3 is 2.27 bits per heavy atom. The topological polar surface area (TPSA) is 34.9 Å². The molecule has 15 heavy (non-hydrogen) atoms. The summed E-state index contributed by atoms with van der Waals surface area (Å²) in [5.74, 6) is 0. The highest BCUT2D eigenvalue weighted by Gasteiger charge is 2.19. The van der Waals surface area contributed by atoms with E-state index in [9.17, 15) is 4.79 Å². The monoisotopic (exact) mass is 208 g/mol. The van der Waals surface area contributed by atoms with Crippen LogP contribution in [0.3, 0.4) is 0 Å². The molecule has 0 aliphatic rings. The lowest BCUT2D eigenvalue weighted by Gasteiger charge is -2.21. The lowest BCUT2D eigenvalue weighted by molar-refractivity contribution is 0.518. The molecule has 0 bridgehead atoms. The molecule has 1 aromatic heterocycles. The minimum Gasteiger partial charge on any atom is -0.296 e. The van der Waals surface area contributed by atoms with Gasteiger partial charge in [-0.05, 0) is 26.3 Å². The maximum Gasteiger partial charge on any atom is 0.348 e. The molecule has 3 nitrogen and oxygen atoms in total. The second kappa shape index (κ2) is 3.80. The average Bonchev–Trinajstić information content (AvgIpc) is 2.06. The van der Waals surface area contributed by atoms with Crippen molar-refractivity contribution in [1.29, 1.82) is 0 Å². The van der Waals surface area contributed by atoms with Crippen molar-refractivity contribution in [3.63, 3.8) is 0 Å². The zero-order valence-corrected chi connectivity index (χ0v) is 10.5. The van der Waals surface area contributed by atoms with Crippen LogP contribution in [0.2, 0.25) is 0 Å². The fourth-order valence-corrected chi connectivity index (χ4v) is 1.70. The summed E-state index contributed by atoms with van der Waals surface area (Å²) in [6, 6.07) is 0.165. The third-order valence-corrected chi connectivity index (χ3v) is 2.40. The van der Waals surface area contributed by atoms with Gasteiger partial charge in [0.05, 0.1) is 5.69 Å². The van der Waals surface area contributed by atoms with Gasteiger partial charge in [0.25, 0.3) is 0 Å². The number of hydrogen-bond acceptors (Lipinski definition) is 2. The molecule has 1 rings (SSSR count). The van der Waals surface area contributed by atoms with Crippen LogP contribution in [0.25, 0.3) is 0 Å². The summed E-state index contributed by atoms with van der Waals surface area (Å²) < 4.78 is 1.67. The number of rotatable bonds is 1. The second-order valence-corrected chi connectivity index (χ2v) is 5.31. The van der Waals surface area contributed by atoms with E-state index >= 15 is 0 Å². The SMILES string of the molecule is Cc1cn(C(C)C)c(=O)nc1C(C)(C)C. The summed E-state index contributed by atoms with van der Waals surface area (Å²) >= 11 is 0. The fourth-order valence-electron chi connectivity index (χ4n) is 1.70. The number of aromatic nitrogens is 2. The van der Waals surface area contributed by atoms with E-state index < -0.39 is 0 Å². The third kappa shape index (κ3) is 2.46. The minimum absolute atomic E-state index is 0.0701. The van der Waals surface area contributed by atoms with Crippen LogP contribution in [0, 0.1) is 6.92 Å². The van der Waals surface area contributed by atoms with Gasteiger partial charge < -0.3 is 0 Å². The Morgan fingerprint density at radius 2 is 1.87 bits per heavy atom. The Morgan fingerprint density at radius 1 is 1.33 bits per heavy atom. The van der Waals surface area contributed by atoms with E-state index in [1.54, 1.807) is 4.57 Å². The molecule has 1 aromatic rings. The van der Waals surface area contributed by atoms with Gasteiger partial charge in [-0.1, -0.05) is 20.8 Å². The van der Waals surface area contributed by atoms with E-state index in [4.69, 9.17) is 0 Å². The van der Waals surface area contributed by atoms with Crippen molar-refractivity contribution >= 4 is 0 Å². The molecule has 0 aliphatic heterocycles. The van der Waals surface area contributed by atoms with Crippen LogP contribution >= 0.6 is 0 Å². The fraction of sp³-hybridized carbons (Fsp3) is 0.667. The van der Waals surface area contributed by atoms with Crippen LogP contribution in [0.4, 0.5) is 0 Å². The van der Waals surface area contributed by atoms with Crippen LogP contribution in [-0.2, 0) is 5.41 Å². The lowest BCUT2D eigenvalue weighted by Crippen LogP contribution is -2.29. The van der Waals surface area contributed by atoms with Crippen molar-refractivity contribution < 1.29 is 0 Å². The molecule has 0 atom stereocenters. The van der Waals surface area contributed by atoms with E-state index in [0.29, 0.717) is 0 Å². The van der Waals surface area contributed by atoms with Gasteiger partial charge in [0, 0.05) is 17.7 Å². The third-order valence-electron chi connectivity index (χ3n) is 2.40. The molecule has 0 N–H and O–H groups in total. The molecule has 3 heteroatoms. The van der Waals surface area contributed by atoms with Crippen LogP contribution in [-0.4, -0.2) is 9.55 Å². The Labute approximate surface area is 91.2 Å². The van der Waals surface area contributed by atoms with E-state index in [1.165, 1.54) is 0 Å². The van der Waals surface area contributed by atoms with Crippen molar-refractivity contribution in [3.05, 3.63) is 27.9 Å². The molecule has 84 valence electrons. The molecule has 0 spiro atoms. The summed E-state index contributed by atoms with van der Waals surface area (Å²) in [5, 5.41) is 0. The maximum absolute atomic E-state index is 11.7. The molecular weight excluding hydrogens is 188 g/mol. The van der Waals surface area contributed by atoms with E-state index in [1.807, 2.05) is 27.0 Å². The molecular formula is C12H20N2O. The van der Waals surface area contributed by atoms with Gasteiger partial charge >= 0.3 is 5.69 Å². The molecule has 0 saturated carbocycles. The van der Waals surface area contributed by atoms with Crippen molar-refractivity contribution in [2.75, 3.05) is 0 Å². The standard InChI is InChI=1S/C12H20N2O/c1-8(2)14-7-9(3)10(12(4,5)6)13-11(14)15/h7-8H,1-6H3. The molecule has 0 amide bonds. The normalized spacial score (nSPS) is 12.2. The van der Waals surface area contributed by atoms with Crippen molar-refractivity contribution in [3.8, 4) is 0 Å². The van der Waals surface area contributed by atoms with Crippen LogP contribution in [0.1, 0.15) is 51.9 Å². The first-order chi connectivity index (χ1) is 6.73. The second-order valence-electron chi connectivity index (χ2n) is 5.31. The molecule has 0 radical (unpaired) electrons. The molecule has 0 unspecified atom stereocenters. The molecule has 0 saturated heterocycles. The van der Waals surface area contributed by atoms with Crippen molar-refractivity contribution in [1.82, 2.24) is 9.55 Å². The Hall–Kier alpha value is -1.12. The Bertz CT molecular complexity index is 411. The van der Waals surface area contributed by atoms with Crippen LogP contribution in [0.5, 0.6) is 0 Å². The predicted molar refractivity (Wildman–Crippen MR) is 62.3 cm³/mol. The molecule has 0 aliphatic carbocycles. The number of hydrogen-bond donors (Lipinski definition) is 0. The zero-order valence-electron chi connectivity index (χ0n) is 10.5. The van der Waals surface area contributed by atoms with E-state index in [0.717, 1.165) is 11.3 Å². The van der Waals surface area contributed by atoms with Gasteiger partial charge in [-0.3, -0.25) is 4.57 Å². The summed E-state index contributed by atoms with van der Waals surface area (Å²) in [6.07, 6.45) is 1.90. The summed E-state index contributed by atoms with van der Waals surface area (Å²) in [4.78, 5) is 15.9. The van der Waals surface area contributed by atoms with Crippen LogP contribution in [0.15, 0.2) is 11.0 Å².